The fourth-order valence-electron chi connectivity index (χ4n) is 3.37. The highest BCUT2D eigenvalue weighted by Gasteiger charge is 2.56. The standard InChI is InChI=1S/C13H11F6NO3.C12H11F4NO3/c14-7-9-5-10(20(22)23)2-1-8(9)6-11(21)3-4-12(15,16)13(17,18)19;13-7-9-5-10(17(19)20)2-1-8(9)6-11(18)3-4-12(14,15)16/h1-2,5H,3-4,6-7H2;1-2,5H,3-4,6-7H2. The molecule has 43 heavy (non-hydrogen) atoms. The van der Waals surface area contributed by atoms with Crippen LogP contribution in [0, 0.1) is 20.2 Å². The van der Waals surface area contributed by atoms with Gasteiger partial charge in [-0.15, -0.1) is 0 Å². The number of hydrogen-bond acceptors (Lipinski definition) is 6. The number of benzene rings is 2. The number of carbonyl (C=O) groups excluding carboxylic acids is 2. The molecule has 0 heterocycles. The molecule has 0 unspecified atom stereocenters. The minimum absolute atomic E-state index is 0.0124. The molecule has 0 aliphatic carbocycles. The van der Waals surface area contributed by atoms with E-state index < -0.39 is 90.8 Å². The molecule has 0 N–H and O–H groups in total. The summed E-state index contributed by atoms with van der Waals surface area (Å²) in [6.45, 7) is -2.16. The molecule has 0 fully saturated rings. The third-order valence-corrected chi connectivity index (χ3v) is 5.68. The van der Waals surface area contributed by atoms with Gasteiger partial charge < -0.3 is 0 Å². The van der Waals surface area contributed by atoms with Gasteiger partial charge in [0.15, 0.2) is 0 Å². The summed E-state index contributed by atoms with van der Waals surface area (Å²) < 4.78 is 123. The van der Waals surface area contributed by atoms with Crippen molar-refractivity contribution in [3.8, 4) is 0 Å². The molecule has 2 aromatic rings. The summed E-state index contributed by atoms with van der Waals surface area (Å²) in [6.07, 6.45) is -15.8. The number of ketones is 2. The van der Waals surface area contributed by atoms with E-state index in [1.807, 2.05) is 0 Å². The van der Waals surface area contributed by atoms with Crippen molar-refractivity contribution in [3.05, 3.63) is 78.9 Å². The number of carbonyl (C=O) groups is 2. The lowest BCUT2D eigenvalue weighted by atomic mass is 9.99. The molecular formula is C25H22F10N2O6. The van der Waals surface area contributed by atoms with Gasteiger partial charge in [-0.05, 0) is 22.3 Å². The number of halogens is 10. The second-order valence-electron chi connectivity index (χ2n) is 8.94. The van der Waals surface area contributed by atoms with Crippen LogP contribution in [0.3, 0.4) is 0 Å². The number of non-ortho nitro benzene ring substituents is 2. The molecule has 0 saturated carbocycles. The van der Waals surface area contributed by atoms with Crippen LogP contribution in [0.15, 0.2) is 36.4 Å². The summed E-state index contributed by atoms with van der Waals surface area (Å²) in [6, 6.07) is 6.21. The molecule has 8 nitrogen and oxygen atoms in total. The van der Waals surface area contributed by atoms with Crippen LogP contribution >= 0.6 is 0 Å². The Kier molecular flexibility index (Phi) is 13.2. The molecule has 2 aromatic carbocycles. The molecule has 0 aliphatic rings. The largest absolute Gasteiger partial charge is 0.453 e. The molecule has 2 rings (SSSR count). The van der Waals surface area contributed by atoms with E-state index in [9.17, 15) is 73.7 Å². The Balaban J connectivity index is 0.000000434. The van der Waals surface area contributed by atoms with Crippen molar-refractivity contribution in [2.24, 2.45) is 0 Å². The average molecular weight is 636 g/mol. The zero-order valence-corrected chi connectivity index (χ0v) is 21.7. The van der Waals surface area contributed by atoms with Crippen molar-refractivity contribution < 1.29 is 63.3 Å². The molecule has 238 valence electrons. The average Bonchev–Trinajstić information content (AvgIpc) is 2.90. The zero-order chi connectivity index (χ0) is 33.2. The third-order valence-electron chi connectivity index (χ3n) is 5.68. The van der Waals surface area contributed by atoms with Crippen LogP contribution in [0.4, 0.5) is 55.3 Å². The van der Waals surface area contributed by atoms with Gasteiger partial charge in [-0.25, -0.2) is 8.78 Å². The summed E-state index contributed by atoms with van der Waals surface area (Å²) in [5.41, 5.74) is -0.806. The number of rotatable bonds is 13. The molecule has 0 atom stereocenters. The Bertz CT molecular complexity index is 1310. The maximum absolute atomic E-state index is 12.8. The van der Waals surface area contributed by atoms with Gasteiger partial charge in [-0.3, -0.25) is 29.8 Å². The second-order valence-corrected chi connectivity index (χ2v) is 8.94. The van der Waals surface area contributed by atoms with Gasteiger partial charge >= 0.3 is 18.3 Å². The molecule has 0 aliphatic heterocycles. The summed E-state index contributed by atoms with van der Waals surface area (Å²) in [7, 11) is 0. The Morgan fingerprint density at radius 1 is 0.628 bits per heavy atom. The SMILES string of the molecule is O=C(CCC(F)(F)C(F)(F)F)Cc1ccc([N+](=O)[O-])cc1CF.O=C(CCC(F)(F)F)Cc1ccc([N+](=O)[O-])cc1CF. The predicted molar refractivity (Wildman–Crippen MR) is 129 cm³/mol. The number of nitro benzene ring substituents is 2. The topological polar surface area (TPSA) is 120 Å². The van der Waals surface area contributed by atoms with Gasteiger partial charge in [-0.2, -0.15) is 35.1 Å². The molecule has 0 spiro atoms. The van der Waals surface area contributed by atoms with Gasteiger partial charge in [0.2, 0.25) is 0 Å². The maximum Gasteiger partial charge on any atom is 0.453 e. The van der Waals surface area contributed by atoms with E-state index in [-0.39, 0.29) is 34.4 Å². The monoisotopic (exact) mass is 636 g/mol. The number of hydrogen-bond donors (Lipinski definition) is 0. The molecule has 0 radical (unpaired) electrons. The fourth-order valence-corrected chi connectivity index (χ4v) is 3.37. The van der Waals surface area contributed by atoms with E-state index >= 15 is 0 Å². The van der Waals surface area contributed by atoms with Crippen molar-refractivity contribution >= 4 is 22.9 Å². The Hall–Kier alpha value is -4.12. The van der Waals surface area contributed by atoms with Gasteiger partial charge in [0.25, 0.3) is 11.4 Å². The highest BCUT2D eigenvalue weighted by atomic mass is 19.4. The molecule has 0 saturated heterocycles. The van der Waals surface area contributed by atoms with Crippen molar-refractivity contribution in [1.29, 1.82) is 0 Å². The lowest BCUT2D eigenvalue weighted by molar-refractivity contribution is -0.385. The minimum Gasteiger partial charge on any atom is -0.299 e. The second kappa shape index (κ2) is 15.4. The highest BCUT2D eigenvalue weighted by molar-refractivity contribution is 5.81. The molecule has 0 bridgehead atoms. The normalized spacial score (nSPS) is 11.9. The van der Waals surface area contributed by atoms with E-state index in [1.165, 1.54) is 6.07 Å². The van der Waals surface area contributed by atoms with Crippen LogP contribution in [0.1, 0.15) is 47.9 Å². The van der Waals surface area contributed by atoms with E-state index in [0.29, 0.717) is 0 Å². The first-order valence-electron chi connectivity index (χ1n) is 11.9. The first-order valence-corrected chi connectivity index (χ1v) is 11.9. The van der Waals surface area contributed by atoms with E-state index in [4.69, 9.17) is 0 Å². The summed E-state index contributed by atoms with van der Waals surface area (Å²) in [5, 5.41) is 21.0. The van der Waals surface area contributed by atoms with Crippen molar-refractivity contribution in [1.82, 2.24) is 0 Å². The van der Waals surface area contributed by atoms with Gasteiger partial charge in [0.1, 0.15) is 24.9 Å². The van der Waals surface area contributed by atoms with Crippen LogP contribution in [0.2, 0.25) is 0 Å². The van der Waals surface area contributed by atoms with E-state index in [1.54, 1.807) is 0 Å². The van der Waals surface area contributed by atoms with Gasteiger partial charge in [-0.1, -0.05) is 12.1 Å². The molecular weight excluding hydrogens is 614 g/mol. The fraction of sp³-hybridized carbons (Fsp3) is 0.440. The van der Waals surface area contributed by atoms with Crippen LogP contribution in [0.5, 0.6) is 0 Å². The van der Waals surface area contributed by atoms with E-state index in [2.05, 4.69) is 0 Å². The summed E-state index contributed by atoms with van der Waals surface area (Å²) in [5.74, 6) is -6.62. The van der Waals surface area contributed by atoms with Crippen molar-refractivity contribution in [3.63, 3.8) is 0 Å². The number of Topliss-reactive ketones (excluding diaryl/α,β-unsaturated/α-hetero) is 2. The number of nitrogens with zero attached hydrogens (tertiary/aromatic N) is 2. The Morgan fingerprint density at radius 2 is 1.00 bits per heavy atom. The predicted octanol–water partition coefficient (Wildman–Crippen LogP) is 7.67. The van der Waals surface area contributed by atoms with Crippen molar-refractivity contribution in [2.75, 3.05) is 0 Å². The lowest BCUT2D eigenvalue weighted by Crippen LogP contribution is -2.36. The maximum atomic E-state index is 12.8. The first kappa shape index (κ1) is 36.9. The van der Waals surface area contributed by atoms with Crippen LogP contribution < -0.4 is 0 Å². The number of nitro groups is 2. The first-order chi connectivity index (χ1) is 19.7. The Morgan fingerprint density at radius 3 is 1.30 bits per heavy atom. The Labute approximate surface area is 236 Å². The minimum atomic E-state index is -5.75. The van der Waals surface area contributed by atoms with Gasteiger partial charge in [0, 0.05) is 56.4 Å². The van der Waals surface area contributed by atoms with Crippen LogP contribution in [-0.4, -0.2) is 39.7 Å². The van der Waals surface area contributed by atoms with Crippen LogP contribution in [0.25, 0.3) is 0 Å². The highest BCUT2D eigenvalue weighted by Crippen LogP contribution is 2.39. The lowest BCUT2D eigenvalue weighted by Gasteiger charge is -2.18. The zero-order valence-electron chi connectivity index (χ0n) is 21.7. The van der Waals surface area contributed by atoms with E-state index in [0.717, 1.165) is 30.3 Å². The van der Waals surface area contributed by atoms with Crippen molar-refractivity contribution in [2.45, 2.75) is 70.1 Å². The quantitative estimate of drug-likeness (QED) is 0.126. The van der Waals surface area contributed by atoms with Gasteiger partial charge in [0.05, 0.1) is 16.3 Å². The third kappa shape index (κ3) is 12.3. The molecule has 18 heteroatoms. The number of alkyl halides is 10. The summed E-state index contributed by atoms with van der Waals surface area (Å²) >= 11 is 0. The van der Waals surface area contributed by atoms with Crippen LogP contribution in [-0.2, 0) is 35.8 Å². The summed E-state index contributed by atoms with van der Waals surface area (Å²) in [4.78, 5) is 42.5. The molecule has 0 aromatic heterocycles. The smallest absolute Gasteiger partial charge is 0.299 e. The molecule has 0 amide bonds.